The lowest BCUT2D eigenvalue weighted by molar-refractivity contribution is 0.100. The average molecular weight is 428 g/mol. The Kier molecular flexibility index (Phi) is 5.25. The van der Waals surface area contributed by atoms with Gasteiger partial charge >= 0.3 is 0 Å². The zero-order valence-corrected chi connectivity index (χ0v) is 16.9. The third kappa shape index (κ3) is 3.55. The lowest BCUT2D eigenvalue weighted by Gasteiger charge is -2.12. The lowest BCUT2D eigenvalue weighted by Crippen LogP contribution is -2.20. The van der Waals surface area contributed by atoms with Crippen molar-refractivity contribution in [3.8, 4) is 22.9 Å². The molecule has 162 valence electrons. The summed E-state index contributed by atoms with van der Waals surface area (Å²) >= 11 is 0. The van der Waals surface area contributed by atoms with Gasteiger partial charge in [-0.05, 0) is 19.1 Å². The number of aromatic nitrogens is 7. The number of aliphatic hydroxyl groups is 2. The highest BCUT2D eigenvalue weighted by molar-refractivity contribution is 6.02. The van der Waals surface area contributed by atoms with Crippen LogP contribution in [0.4, 0.5) is 4.39 Å². The maximum Gasteiger partial charge on any atom is 0.248 e. The highest BCUT2D eigenvalue weighted by Gasteiger charge is 2.24. The number of amides is 1. The van der Waals surface area contributed by atoms with E-state index in [2.05, 4.69) is 25.4 Å². The molecule has 31 heavy (non-hydrogen) atoms. The second kappa shape index (κ2) is 7.89. The second-order valence-electron chi connectivity index (χ2n) is 7.26. The van der Waals surface area contributed by atoms with Gasteiger partial charge in [-0.15, -0.1) is 0 Å². The van der Waals surface area contributed by atoms with Gasteiger partial charge in [-0.1, -0.05) is 0 Å². The van der Waals surface area contributed by atoms with Crippen LogP contribution in [0, 0.1) is 18.7 Å². The smallest absolute Gasteiger partial charge is 0.248 e. The number of benzene rings is 1. The third-order valence-corrected chi connectivity index (χ3v) is 5.11. The van der Waals surface area contributed by atoms with Crippen molar-refractivity contribution in [3.63, 3.8) is 0 Å². The highest BCUT2D eigenvalue weighted by atomic mass is 19.1. The van der Waals surface area contributed by atoms with E-state index < -0.39 is 17.6 Å². The number of hydrogen-bond acceptors (Lipinski definition) is 7. The van der Waals surface area contributed by atoms with Crippen LogP contribution in [0.2, 0.25) is 0 Å². The van der Waals surface area contributed by atoms with Crippen molar-refractivity contribution in [1.29, 1.82) is 0 Å². The van der Waals surface area contributed by atoms with Crippen molar-refractivity contribution in [3.05, 3.63) is 35.4 Å². The molecular weight excluding hydrogens is 407 g/mol. The SMILES string of the molecule is Cc1nn(CC(CO)CO)c(-c2n[nH]c(-c3cc(C(N)=O)cc4c3cnn4C)n2)c1F. The summed E-state index contributed by atoms with van der Waals surface area (Å²) in [4.78, 5) is 16.2. The first-order valence-electron chi connectivity index (χ1n) is 9.47. The van der Waals surface area contributed by atoms with Crippen molar-refractivity contribution in [2.75, 3.05) is 13.2 Å². The van der Waals surface area contributed by atoms with Crippen molar-refractivity contribution in [1.82, 2.24) is 34.7 Å². The van der Waals surface area contributed by atoms with E-state index in [-0.39, 0.29) is 42.5 Å². The fourth-order valence-electron chi connectivity index (χ4n) is 3.40. The number of rotatable bonds is 7. The molecule has 0 saturated heterocycles. The molecule has 12 heteroatoms. The number of halogens is 1. The first-order chi connectivity index (χ1) is 14.8. The maximum absolute atomic E-state index is 14.8. The van der Waals surface area contributed by atoms with Crippen LogP contribution in [0.1, 0.15) is 16.1 Å². The molecular formula is C19H21FN8O3. The molecule has 0 aliphatic rings. The van der Waals surface area contributed by atoms with Gasteiger partial charge in [0.1, 0.15) is 5.69 Å². The summed E-state index contributed by atoms with van der Waals surface area (Å²) in [6.07, 6.45) is 1.62. The number of nitrogens with one attached hydrogen (secondary N) is 1. The molecule has 5 N–H and O–H groups in total. The van der Waals surface area contributed by atoms with Gasteiger partial charge in [-0.3, -0.25) is 19.3 Å². The van der Waals surface area contributed by atoms with E-state index in [1.54, 1.807) is 30.1 Å². The Morgan fingerprint density at radius 2 is 2.06 bits per heavy atom. The molecule has 1 amide bonds. The quantitative estimate of drug-likeness (QED) is 0.331. The molecule has 11 nitrogen and oxygen atoms in total. The number of fused-ring (bicyclic) bond motifs is 1. The van der Waals surface area contributed by atoms with E-state index >= 15 is 0 Å². The molecule has 0 spiro atoms. The molecule has 1 aromatic carbocycles. The van der Waals surface area contributed by atoms with Crippen molar-refractivity contribution in [2.45, 2.75) is 13.5 Å². The number of hydrogen-bond donors (Lipinski definition) is 4. The van der Waals surface area contributed by atoms with Gasteiger partial charge in [0.15, 0.2) is 11.6 Å². The Labute approximate surface area is 175 Å². The molecule has 0 bridgehead atoms. The lowest BCUT2D eigenvalue weighted by atomic mass is 10.1. The molecule has 0 aliphatic heterocycles. The summed E-state index contributed by atoms with van der Waals surface area (Å²) in [6, 6.07) is 3.20. The zero-order chi connectivity index (χ0) is 22.3. The van der Waals surface area contributed by atoms with E-state index in [4.69, 9.17) is 5.73 Å². The highest BCUT2D eigenvalue weighted by Crippen LogP contribution is 2.30. The Bertz CT molecular complexity index is 1270. The summed E-state index contributed by atoms with van der Waals surface area (Å²) in [6.45, 7) is 1.02. The number of H-pyrrole nitrogens is 1. The molecule has 4 aromatic rings. The molecule has 3 heterocycles. The monoisotopic (exact) mass is 428 g/mol. The Hall–Kier alpha value is -3.64. The molecule has 4 rings (SSSR count). The van der Waals surface area contributed by atoms with Gasteiger partial charge in [-0.2, -0.15) is 15.3 Å². The van der Waals surface area contributed by atoms with E-state index in [0.717, 1.165) is 0 Å². The number of nitrogens with zero attached hydrogens (tertiary/aromatic N) is 6. The van der Waals surface area contributed by atoms with Crippen LogP contribution in [0.3, 0.4) is 0 Å². The number of carbonyl (C=O) groups excluding carboxylic acids is 1. The van der Waals surface area contributed by atoms with Crippen LogP contribution in [0.5, 0.6) is 0 Å². The van der Waals surface area contributed by atoms with Gasteiger partial charge in [-0.25, -0.2) is 9.37 Å². The van der Waals surface area contributed by atoms with E-state index in [9.17, 15) is 19.4 Å². The van der Waals surface area contributed by atoms with E-state index in [1.807, 2.05) is 0 Å². The summed E-state index contributed by atoms with van der Waals surface area (Å²) in [7, 11) is 1.73. The van der Waals surface area contributed by atoms with Crippen LogP contribution < -0.4 is 5.73 Å². The molecule has 0 unspecified atom stereocenters. The van der Waals surface area contributed by atoms with Gasteiger partial charge in [0.05, 0.1) is 17.4 Å². The summed E-state index contributed by atoms with van der Waals surface area (Å²) in [5, 5.41) is 34.7. The van der Waals surface area contributed by atoms with Gasteiger partial charge in [0.2, 0.25) is 11.7 Å². The summed E-state index contributed by atoms with van der Waals surface area (Å²) in [5.41, 5.74) is 7.11. The molecule has 0 aliphatic carbocycles. The number of nitrogens with two attached hydrogens (primary N) is 1. The van der Waals surface area contributed by atoms with E-state index in [0.29, 0.717) is 22.3 Å². The van der Waals surface area contributed by atoms with Crippen LogP contribution in [0.15, 0.2) is 18.3 Å². The zero-order valence-electron chi connectivity index (χ0n) is 16.9. The molecule has 3 aromatic heterocycles. The summed E-state index contributed by atoms with van der Waals surface area (Å²) in [5.74, 6) is -1.38. The topological polar surface area (TPSA) is 161 Å². The number of primary amides is 1. The average Bonchev–Trinajstić information content (AvgIpc) is 3.44. The molecule has 0 saturated carbocycles. The molecule has 0 atom stereocenters. The fourth-order valence-corrected chi connectivity index (χ4v) is 3.40. The van der Waals surface area contributed by atoms with Crippen molar-refractivity contribution < 1.29 is 19.4 Å². The first kappa shape index (κ1) is 20.6. The minimum absolute atomic E-state index is 0.0281. The van der Waals surface area contributed by atoms with Crippen LogP contribution in [-0.4, -0.2) is 64.1 Å². The molecule has 0 radical (unpaired) electrons. The Morgan fingerprint density at radius 1 is 1.32 bits per heavy atom. The fraction of sp³-hybridized carbons (Fsp3) is 0.316. The minimum Gasteiger partial charge on any atom is -0.396 e. The van der Waals surface area contributed by atoms with E-state index in [1.165, 1.54) is 11.6 Å². The van der Waals surface area contributed by atoms with Crippen molar-refractivity contribution in [2.24, 2.45) is 18.7 Å². The van der Waals surface area contributed by atoms with Crippen LogP contribution >= 0.6 is 0 Å². The number of aryl methyl sites for hydroxylation is 2. The maximum atomic E-state index is 14.8. The van der Waals surface area contributed by atoms with Crippen molar-refractivity contribution >= 4 is 16.8 Å². The van der Waals surface area contributed by atoms with Gasteiger partial charge in [0, 0.05) is 49.2 Å². The number of aliphatic hydroxyl groups excluding tert-OH is 2. The number of carbonyl (C=O) groups is 1. The summed E-state index contributed by atoms with van der Waals surface area (Å²) < 4.78 is 17.8. The van der Waals surface area contributed by atoms with Crippen LogP contribution in [0.25, 0.3) is 33.8 Å². The van der Waals surface area contributed by atoms with Gasteiger partial charge in [0.25, 0.3) is 0 Å². The predicted molar refractivity (Wildman–Crippen MR) is 108 cm³/mol. The number of aromatic amines is 1. The largest absolute Gasteiger partial charge is 0.396 e. The van der Waals surface area contributed by atoms with Crippen LogP contribution in [-0.2, 0) is 13.6 Å². The van der Waals surface area contributed by atoms with Gasteiger partial charge < -0.3 is 15.9 Å². The first-order valence-corrected chi connectivity index (χ1v) is 9.47. The predicted octanol–water partition coefficient (Wildman–Crippen LogP) is 0.369. The Balaban J connectivity index is 1.83. The molecule has 0 fully saturated rings. The minimum atomic E-state index is -0.608. The normalized spacial score (nSPS) is 11.7. The third-order valence-electron chi connectivity index (χ3n) is 5.11. The standard InChI is InChI=1S/C19H21FN8O3/c1-9-15(20)16(28(26-9)6-10(7-29)8-30)19-23-18(24-25-19)12-3-11(17(21)31)4-14-13(12)5-22-27(14)2/h3-5,10,29-30H,6-8H2,1-2H3,(H2,21,31)(H,23,24,25). The second-order valence-corrected chi connectivity index (χ2v) is 7.26. The Morgan fingerprint density at radius 3 is 2.74 bits per heavy atom.